The van der Waals surface area contributed by atoms with Gasteiger partial charge in [-0.05, 0) is 13.8 Å². The van der Waals surface area contributed by atoms with Crippen molar-refractivity contribution >= 4 is 0 Å². The summed E-state index contributed by atoms with van der Waals surface area (Å²) < 4.78 is 22.2. The van der Waals surface area contributed by atoms with Crippen LogP contribution in [-0.2, 0) is 18.9 Å². The standard InChI is InChI=1S/C12H20O6/c1-11(15-3)12(2,16-4)18-10-8(14)6-5-7(13)9(10)17-11/h5-10,13-14H,1-4H3/t7?,8?,9-,10-,11+,12+/m0/s1. The van der Waals surface area contributed by atoms with Crippen molar-refractivity contribution in [2.45, 2.75) is 49.8 Å². The molecule has 0 aromatic carbocycles. The molecule has 0 radical (unpaired) electrons. The lowest BCUT2D eigenvalue weighted by molar-refractivity contribution is -0.458. The van der Waals surface area contributed by atoms with Crippen LogP contribution in [0.25, 0.3) is 0 Å². The van der Waals surface area contributed by atoms with E-state index in [1.165, 1.54) is 26.4 Å². The van der Waals surface area contributed by atoms with Gasteiger partial charge in [-0.3, -0.25) is 0 Å². The van der Waals surface area contributed by atoms with Gasteiger partial charge in [-0.15, -0.1) is 0 Å². The number of aliphatic hydroxyl groups is 2. The van der Waals surface area contributed by atoms with E-state index in [0.717, 1.165) is 0 Å². The zero-order valence-corrected chi connectivity index (χ0v) is 11.0. The Bertz CT molecular complexity index is 313. The van der Waals surface area contributed by atoms with Crippen molar-refractivity contribution in [3.8, 4) is 0 Å². The molecule has 0 amide bonds. The van der Waals surface area contributed by atoms with Gasteiger partial charge in [0.1, 0.15) is 24.4 Å². The van der Waals surface area contributed by atoms with E-state index in [9.17, 15) is 10.2 Å². The first-order chi connectivity index (χ1) is 8.37. The van der Waals surface area contributed by atoms with Crippen molar-refractivity contribution in [3.05, 3.63) is 12.2 Å². The zero-order valence-electron chi connectivity index (χ0n) is 11.0. The van der Waals surface area contributed by atoms with Crippen LogP contribution in [0.5, 0.6) is 0 Å². The minimum Gasteiger partial charge on any atom is -0.386 e. The summed E-state index contributed by atoms with van der Waals surface area (Å²) in [6.07, 6.45) is -0.124. The van der Waals surface area contributed by atoms with Gasteiger partial charge >= 0.3 is 0 Å². The molecule has 1 heterocycles. The predicted molar refractivity (Wildman–Crippen MR) is 61.7 cm³/mol. The second kappa shape index (κ2) is 4.56. The Balaban J connectivity index is 2.33. The molecule has 1 fully saturated rings. The minimum atomic E-state index is -1.17. The molecule has 0 spiro atoms. The van der Waals surface area contributed by atoms with Crippen molar-refractivity contribution < 1.29 is 29.2 Å². The molecule has 1 saturated heterocycles. The van der Waals surface area contributed by atoms with Gasteiger partial charge in [0.15, 0.2) is 0 Å². The topological polar surface area (TPSA) is 77.4 Å². The third kappa shape index (κ3) is 1.89. The smallest absolute Gasteiger partial charge is 0.220 e. The molecule has 6 heteroatoms. The minimum absolute atomic E-state index is 0.696. The SMILES string of the molecule is CO[C@]1(C)O[C@H]2C(O)C=CC(O)[C@@H]2O[C@@]1(C)OC. The Morgan fingerprint density at radius 2 is 1.22 bits per heavy atom. The van der Waals surface area contributed by atoms with E-state index in [1.807, 2.05) is 0 Å². The summed E-state index contributed by atoms with van der Waals surface area (Å²) in [6, 6.07) is 0. The quantitative estimate of drug-likeness (QED) is 0.669. The number of methoxy groups -OCH3 is 2. The molecule has 2 unspecified atom stereocenters. The van der Waals surface area contributed by atoms with Gasteiger partial charge in [0.25, 0.3) is 0 Å². The Kier molecular flexibility index (Phi) is 3.52. The van der Waals surface area contributed by atoms with E-state index < -0.39 is 36.0 Å². The second-order valence-electron chi connectivity index (χ2n) is 4.83. The van der Waals surface area contributed by atoms with Crippen molar-refractivity contribution in [2.75, 3.05) is 14.2 Å². The average molecular weight is 260 g/mol. The maximum atomic E-state index is 9.89. The summed E-state index contributed by atoms with van der Waals surface area (Å²) in [7, 11) is 2.95. The van der Waals surface area contributed by atoms with E-state index in [1.54, 1.807) is 13.8 Å². The van der Waals surface area contributed by atoms with Crippen LogP contribution in [-0.4, -0.2) is 60.4 Å². The maximum absolute atomic E-state index is 9.89. The summed E-state index contributed by atoms with van der Waals surface area (Å²) in [4.78, 5) is 0. The summed E-state index contributed by atoms with van der Waals surface area (Å²) in [5.74, 6) is -2.34. The predicted octanol–water partition coefficient (Wildman–Crippen LogP) is -0.213. The fourth-order valence-corrected chi connectivity index (χ4v) is 2.31. The molecule has 18 heavy (non-hydrogen) atoms. The van der Waals surface area contributed by atoms with Crippen molar-refractivity contribution in [1.29, 1.82) is 0 Å². The van der Waals surface area contributed by atoms with E-state index in [0.29, 0.717) is 0 Å². The van der Waals surface area contributed by atoms with E-state index in [4.69, 9.17) is 18.9 Å². The molecule has 0 saturated carbocycles. The molecule has 6 atom stereocenters. The molecular formula is C12H20O6. The van der Waals surface area contributed by atoms with Gasteiger partial charge in [-0.2, -0.15) is 0 Å². The van der Waals surface area contributed by atoms with Crippen molar-refractivity contribution in [2.24, 2.45) is 0 Å². The van der Waals surface area contributed by atoms with Crippen LogP contribution in [0.2, 0.25) is 0 Å². The van der Waals surface area contributed by atoms with Crippen molar-refractivity contribution in [1.82, 2.24) is 0 Å². The third-order valence-corrected chi connectivity index (χ3v) is 3.83. The molecule has 0 bridgehead atoms. The largest absolute Gasteiger partial charge is 0.386 e. The van der Waals surface area contributed by atoms with Crippen LogP contribution < -0.4 is 0 Å². The maximum Gasteiger partial charge on any atom is 0.220 e. The van der Waals surface area contributed by atoms with Gasteiger partial charge in [0.05, 0.1) is 0 Å². The summed E-state index contributed by atoms with van der Waals surface area (Å²) >= 11 is 0. The van der Waals surface area contributed by atoms with E-state index in [-0.39, 0.29) is 0 Å². The highest BCUT2D eigenvalue weighted by Gasteiger charge is 2.59. The normalized spacial score (nSPS) is 52.1. The van der Waals surface area contributed by atoms with Crippen molar-refractivity contribution in [3.63, 3.8) is 0 Å². The molecule has 2 aliphatic rings. The number of hydrogen-bond acceptors (Lipinski definition) is 6. The first-order valence-corrected chi connectivity index (χ1v) is 5.87. The van der Waals surface area contributed by atoms with Crippen LogP contribution >= 0.6 is 0 Å². The van der Waals surface area contributed by atoms with Gasteiger partial charge in [-0.25, -0.2) is 0 Å². The Morgan fingerprint density at radius 3 is 1.50 bits per heavy atom. The van der Waals surface area contributed by atoms with Crippen LogP contribution in [0.1, 0.15) is 13.8 Å². The molecule has 104 valence electrons. The molecule has 1 aliphatic heterocycles. The highest BCUT2D eigenvalue weighted by atomic mass is 16.8. The highest BCUT2D eigenvalue weighted by Crippen LogP contribution is 2.41. The lowest BCUT2D eigenvalue weighted by atomic mass is 9.92. The Morgan fingerprint density at radius 1 is 0.889 bits per heavy atom. The molecule has 2 rings (SSSR count). The van der Waals surface area contributed by atoms with Crippen LogP contribution in [0, 0.1) is 0 Å². The summed E-state index contributed by atoms with van der Waals surface area (Å²) in [5, 5.41) is 19.8. The number of hydrogen-bond donors (Lipinski definition) is 2. The van der Waals surface area contributed by atoms with Crippen LogP contribution in [0.15, 0.2) is 12.2 Å². The number of aliphatic hydroxyl groups excluding tert-OH is 2. The van der Waals surface area contributed by atoms with Gasteiger partial charge in [0.2, 0.25) is 11.6 Å². The van der Waals surface area contributed by atoms with Gasteiger partial charge in [0, 0.05) is 14.2 Å². The first-order valence-electron chi connectivity index (χ1n) is 5.87. The van der Waals surface area contributed by atoms with Crippen LogP contribution in [0.3, 0.4) is 0 Å². The van der Waals surface area contributed by atoms with E-state index >= 15 is 0 Å². The zero-order chi connectivity index (χ0) is 13.6. The lowest BCUT2D eigenvalue weighted by Crippen LogP contribution is -2.69. The lowest BCUT2D eigenvalue weighted by Gasteiger charge is -2.54. The Hall–Kier alpha value is -0.500. The fraction of sp³-hybridized carbons (Fsp3) is 0.833. The molecule has 0 aromatic rings. The third-order valence-electron chi connectivity index (χ3n) is 3.83. The molecule has 1 aliphatic carbocycles. The fourth-order valence-electron chi connectivity index (χ4n) is 2.31. The summed E-state index contributed by atoms with van der Waals surface area (Å²) in [5.41, 5.74) is 0. The highest BCUT2D eigenvalue weighted by molar-refractivity contribution is 5.11. The van der Waals surface area contributed by atoms with Gasteiger partial charge in [-0.1, -0.05) is 12.2 Å². The second-order valence-corrected chi connectivity index (χ2v) is 4.83. The average Bonchev–Trinajstić information content (AvgIpc) is 2.36. The molecule has 6 nitrogen and oxygen atoms in total. The monoisotopic (exact) mass is 260 g/mol. The van der Waals surface area contributed by atoms with Gasteiger partial charge < -0.3 is 29.2 Å². The number of fused-ring (bicyclic) bond motifs is 1. The number of ether oxygens (including phenoxy) is 4. The Labute approximate surface area is 106 Å². The first kappa shape index (κ1) is 13.9. The molecule has 2 N–H and O–H groups in total. The summed E-state index contributed by atoms with van der Waals surface area (Å²) in [6.45, 7) is 3.34. The van der Waals surface area contributed by atoms with E-state index in [2.05, 4.69) is 0 Å². The molecular weight excluding hydrogens is 240 g/mol. The molecule has 0 aromatic heterocycles. The number of rotatable bonds is 2. The van der Waals surface area contributed by atoms with Crippen LogP contribution in [0.4, 0.5) is 0 Å².